The quantitative estimate of drug-likeness (QED) is 0.866. The number of aromatic nitrogens is 1. The highest BCUT2D eigenvalue weighted by molar-refractivity contribution is 7.07. The lowest BCUT2D eigenvalue weighted by Crippen LogP contribution is -2.19. The first-order valence-electron chi connectivity index (χ1n) is 6.18. The highest BCUT2D eigenvalue weighted by Crippen LogP contribution is 2.15. The van der Waals surface area contributed by atoms with Crippen molar-refractivity contribution in [2.24, 2.45) is 0 Å². The molecule has 0 atom stereocenters. The molecule has 0 saturated carbocycles. The van der Waals surface area contributed by atoms with Crippen molar-refractivity contribution in [3.63, 3.8) is 0 Å². The average molecular weight is 261 g/mol. The van der Waals surface area contributed by atoms with Crippen LogP contribution in [0.2, 0.25) is 0 Å². The number of hydrogen-bond donors (Lipinski definition) is 1. The van der Waals surface area contributed by atoms with E-state index in [1.54, 1.807) is 11.3 Å². The van der Waals surface area contributed by atoms with E-state index in [0.29, 0.717) is 0 Å². The van der Waals surface area contributed by atoms with Crippen LogP contribution >= 0.6 is 11.3 Å². The summed E-state index contributed by atoms with van der Waals surface area (Å²) in [5.74, 6) is 1.02. The predicted molar refractivity (Wildman–Crippen MR) is 78.0 cm³/mol. The molecule has 2 heterocycles. The van der Waals surface area contributed by atoms with Crippen LogP contribution in [0.4, 0.5) is 5.82 Å². The van der Waals surface area contributed by atoms with Crippen LogP contribution in [0, 0.1) is 0 Å². The second-order valence-electron chi connectivity index (χ2n) is 4.26. The Morgan fingerprint density at radius 3 is 2.94 bits per heavy atom. The van der Waals surface area contributed by atoms with Gasteiger partial charge in [0.2, 0.25) is 0 Å². The third-order valence-corrected chi connectivity index (χ3v) is 3.47. The lowest BCUT2D eigenvalue weighted by atomic mass is 10.3. The molecule has 0 unspecified atom stereocenters. The fourth-order valence-electron chi connectivity index (χ4n) is 1.77. The first kappa shape index (κ1) is 13.1. The minimum atomic E-state index is 0.830. The monoisotopic (exact) mass is 261 g/mol. The van der Waals surface area contributed by atoms with Gasteiger partial charge in [-0.15, -0.1) is 0 Å². The van der Waals surface area contributed by atoms with E-state index in [4.69, 9.17) is 0 Å². The van der Waals surface area contributed by atoms with Gasteiger partial charge in [-0.25, -0.2) is 4.98 Å². The minimum absolute atomic E-state index is 0.830. The summed E-state index contributed by atoms with van der Waals surface area (Å²) in [7, 11) is 2.08. The lowest BCUT2D eigenvalue weighted by Gasteiger charge is -2.18. The maximum absolute atomic E-state index is 4.66. The molecular weight excluding hydrogens is 242 g/mol. The van der Waals surface area contributed by atoms with Gasteiger partial charge < -0.3 is 10.2 Å². The van der Waals surface area contributed by atoms with Gasteiger partial charge in [0.05, 0.1) is 5.69 Å². The first-order chi connectivity index (χ1) is 8.79. The SMILES string of the molecule is CCNCc1cccc(N(C)Cc2ccsc2)n1. The number of nitrogens with one attached hydrogen (secondary N) is 1. The van der Waals surface area contributed by atoms with E-state index in [0.717, 1.165) is 31.1 Å². The van der Waals surface area contributed by atoms with Gasteiger partial charge in [0.1, 0.15) is 5.82 Å². The van der Waals surface area contributed by atoms with Crippen LogP contribution < -0.4 is 10.2 Å². The molecule has 0 bridgehead atoms. The van der Waals surface area contributed by atoms with E-state index in [1.807, 2.05) is 0 Å². The second kappa shape index (κ2) is 6.52. The molecule has 0 spiro atoms. The molecule has 0 aliphatic rings. The normalized spacial score (nSPS) is 10.6. The van der Waals surface area contributed by atoms with E-state index >= 15 is 0 Å². The van der Waals surface area contributed by atoms with E-state index in [1.165, 1.54) is 5.56 Å². The summed E-state index contributed by atoms with van der Waals surface area (Å²) >= 11 is 1.73. The topological polar surface area (TPSA) is 28.2 Å². The molecule has 18 heavy (non-hydrogen) atoms. The van der Waals surface area contributed by atoms with Gasteiger partial charge in [-0.2, -0.15) is 11.3 Å². The highest BCUT2D eigenvalue weighted by atomic mass is 32.1. The molecule has 0 fully saturated rings. The van der Waals surface area contributed by atoms with Crippen LogP contribution in [-0.4, -0.2) is 18.6 Å². The van der Waals surface area contributed by atoms with Crippen molar-refractivity contribution in [1.29, 1.82) is 0 Å². The van der Waals surface area contributed by atoms with Crippen molar-refractivity contribution in [1.82, 2.24) is 10.3 Å². The van der Waals surface area contributed by atoms with Crippen molar-refractivity contribution in [2.45, 2.75) is 20.0 Å². The molecule has 0 aliphatic heterocycles. The van der Waals surface area contributed by atoms with Gasteiger partial charge >= 0.3 is 0 Å². The van der Waals surface area contributed by atoms with Crippen molar-refractivity contribution >= 4 is 17.2 Å². The van der Waals surface area contributed by atoms with Crippen molar-refractivity contribution in [3.05, 3.63) is 46.3 Å². The Morgan fingerprint density at radius 2 is 2.22 bits per heavy atom. The molecule has 3 nitrogen and oxygen atoms in total. The van der Waals surface area contributed by atoms with Gasteiger partial charge in [0.25, 0.3) is 0 Å². The van der Waals surface area contributed by atoms with E-state index in [2.05, 4.69) is 64.2 Å². The molecular formula is C14H19N3S. The van der Waals surface area contributed by atoms with E-state index < -0.39 is 0 Å². The molecule has 2 rings (SSSR count). The van der Waals surface area contributed by atoms with Gasteiger partial charge in [-0.05, 0) is 41.1 Å². The zero-order valence-corrected chi connectivity index (χ0v) is 11.7. The van der Waals surface area contributed by atoms with Gasteiger partial charge in [0.15, 0.2) is 0 Å². The summed E-state index contributed by atoms with van der Waals surface area (Å²) < 4.78 is 0. The Morgan fingerprint density at radius 1 is 1.33 bits per heavy atom. The van der Waals surface area contributed by atoms with Crippen LogP contribution in [0.25, 0.3) is 0 Å². The molecule has 0 aliphatic carbocycles. The maximum Gasteiger partial charge on any atom is 0.128 e. The molecule has 0 saturated heterocycles. The van der Waals surface area contributed by atoms with Gasteiger partial charge in [0, 0.05) is 20.1 Å². The van der Waals surface area contributed by atoms with E-state index in [9.17, 15) is 0 Å². The Kier molecular flexibility index (Phi) is 4.73. The zero-order valence-electron chi connectivity index (χ0n) is 10.9. The number of nitrogens with zero attached hydrogens (tertiary/aromatic N) is 2. The highest BCUT2D eigenvalue weighted by Gasteiger charge is 2.04. The molecule has 96 valence electrons. The molecule has 1 N–H and O–H groups in total. The summed E-state index contributed by atoms with van der Waals surface area (Å²) in [5.41, 5.74) is 2.42. The van der Waals surface area contributed by atoms with Crippen LogP contribution in [0.1, 0.15) is 18.2 Å². The fourth-order valence-corrected chi connectivity index (χ4v) is 2.43. The van der Waals surface area contributed by atoms with Crippen LogP contribution in [0.5, 0.6) is 0 Å². The predicted octanol–water partition coefficient (Wildman–Crippen LogP) is 2.89. The van der Waals surface area contributed by atoms with Crippen LogP contribution in [0.15, 0.2) is 35.0 Å². The summed E-state index contributed by atoms with van der Waals surface area (Å²) in [6.07, 6.45) is 0. The van der Waals surface area contributed by atoms with Crippen molar-refractivity contribution < 1.29 is 0 Å². The lowest BCUT2D eigenvalue weighted by molar-refractivity contribution is 0.708. The number of hydrogen-bond acceptors (Lipinski definition) is 4. The number of rotatable bonds is 6. The summed E-state index contributed by atoms with van der Waals surface area (Å²) in [4.78, 5) is 6.84. The van der Waals surface area contributed by atoms with E-state index in [-0.39, 0.29) is 0 Å². The molecule has 4 heteroatoms. The molecule has 0 amide bonds. The molecule has 0 radical (unpaired) electrons. The summed E-state index contributed by atoms with van der Waals surface area (Å²) in [6, 6.07) is 8.34. The van der Waals surface area contributed by atoms with Crippen molar-refractivity contribution in [2.75, 3.05) is 18.5 Å². The summed E-state index contributed by atoms with van der Waals surface area (Å²) in [6.45, 7) is 4.81. The van der Waals surface area contributed by atoms with Crippen LogP contribution in [-0.2, 0) is 13.1 Å². The Balaban J connectivity index is 2.03. The fraction of sp³-hybridized carbons (Fsp3) is 0.357. The Labute approximate surface area is 112 Å². The molecule has 0 aromatic carbocycles. The second-order valence-corrected chi connectivity index (χ2v) is 5.04. The first-order valence-corrected chi connectivity index (χ1v) is 7.12. The van der Waals surface area contributed by atoms with Gasteiger partial charge in [-0.3, -0.25) is 0 Å². The summed E-state index contributed by atoms with van der Waals surface area (Å²) in [5, 5.41) is 7.59. The third-order valence-electron chi connectivity index (χ3n) is 2.74. The number of pyridine rings is 1. The Hall–Kier alpha value is -1.39. The molecule has 2 aromatic heterocycles. The number of anilines is 1. The van der Waals surface area contributed by atoms with Crippen LogP contribution in [0.3, 0.4) is 0 Å². The smallest absolute Gasteiger partial charge is 0.128 e. The maximum atomic E-state index is 4.66. The molecule has 2 aromatic rings. The van der Waals surface area contributed by atoms with Gasteiger partial charge in [-0.1, -0.05) is 13.0 Å². The average Bonchev–Trinajstić information content (AvgIpc) is 2.89. The Bertz CT molecular complexity index is 468. The standard InChI is InChI=1S/C14H19N3S/c1-3-15-9-13-5-4-6-14(16-13)17(2)10-12-7-8-18-11-12/h4-8,11,15H,3,9-10H2,1-2H3. The van der Waals surface area contributed by atoms with Crippen molar-refractivity contribution in [3.8, 4) is 0 Å². The largest absolute Gasteiger partial charge is 0.355 e. The number of thiophene rings is 1. The minimum Gasteiger partial charge on any atom is -0.355 e. The zero-order chi connectivity index (χ0) is 12.8. The third kappa shape index (κ3) is 3.55.